The number of para-hydroxylation sites is 1. The summed E-state index contributed by atoms with van der Waals surface area (Å²) in [6, 6.07) is 27.6. The molecule has 0 radical (unpaired) electrons. The summed E-state index contributed by atoms with van der Waals surface area (Å²) in [4.78, 5) is 12.0. The summed E-state index contributed by atoms with van der Waals surface area (Å²) in [5, 5.41) is 0. The zero-order valence-electron chi connectivity index (χ0n) is 27.7. The second-order valence-electron chi connectivity index (χ2n) is 13.0. The van der Waals surface area contributed by atoms with Gasteiger partial charge >= 0.3 is 6.98 Å². The Kier molecular flexibility index (Phi) is 7.56. The third-order valence-electron chi connectivity index (χ3n) is 9.21. The van der Waals surface area contributed by atoms with Gasteiger partial charge in [-0.3, -0.25) is 0 Å². The van der Waals surface area contributed by atoms with Crippen molar-refractivity contribution in [1.82, 2.24) is 19.0 Å². The van der Waals surface area contributed by atoms with E-state index >= 15 is 0 Å². The van der Waals surface area contributed by atoms with Crippen LogP contribution in [0.3, 0.4) is 0 Å². The van der Waals surface area contributed by atoms with Crippen molar-refractivity contribution < 1.29 is 4.74 Å². The molecular weight excluding hydrogens is 565 g/mol. The number of aromatic nitrogens is 4. The van der Waals surface area contributed by atoms with E-state index in [4.69, 9.17) is 14.7 Å². The maximum Gasteiger partial charge on any atom is 0.417 e. The maximum absolute atomic E-state index is 6.49. The van der Waals surface area contributed by atoms with Crippen LogP contribution in [-0.4, -0.2) is 33.0 Å². The lowest BCUT2D eigenvalue weighted by atomic mass is 9.58. The molecule has 0 N–H and O–H groups in total. The summed E-state index contributed by atoms with van der Waals surface area (Å²) in [5.74, 6) is 3.29. The second kappa shape index (κ2) is 11.7. The Bertz CT molecular complexity index is 2010. The topological polar surface area (TPSA) is 48.1 Å². The molecule has 1 aliphatic heterocycles. The predicted molar refractivity (Wildman–Crippen MR) is 190 cm³/mol. The average Bonchev–Trinajstić information content (AvgIpc) is 3.72. The van der Waals surface area contributed by atoms with Crippen LogP contribution in [-0.2, 0) is 0 Å². The molecule has 1 aliphatic rings. The molecule has 0 saturated heterocycles. The van der Waals surface area contributed by atoms with Gasteiger partial charge in [0.05, 0.1) is 17.7 Å². The third-order valence-corrected chi connectivity index (χ3v) is 9.21. The van der Waals surface area contributed by atoms with E-state index in [1.54, 1.807) is 0 Å². The molecule has 0 atom stereocenters. The number of nitrogens with zero attached hydrogens (tertiary/aromatic N) is 5. The van der Waals surface area contributed by atoms with Crippen molar-refractivity contribution >= 4 is 18.1 Å². The highest BCUT2D eigenvalue weighted by atomic mass is 16.5. The Balaban J connectivity index is 1.21. The van der Waals surface area contributed by atoms with Gasteiger partial charge in [-0.15, -0.1) is 0 Å². The minimum absolute atomic E-state index is 0.00715. The molecule has 6 nitrogen and oxygen atoms in total. The molecule has 4 aromatic carbocycles. The maximum atomic E-state index is 6.49. The van der Waals surface area contributed by atoms with Crippen molar-refractivity contribution in [3.05, 3.63) is 126 Å². The molecule has 0 amide bonds. The zero-order chi connectivity index (χ0) is 32.1. The Morgan fingerprint density at radius 2 is 1.43 bits per heavy atom. The fourth-order valence-electron chi connectivity index (χ4n) is 7.00. The van der Waals surface area contributed by atoms with E-state index < -0.39 is 0 Å². The van der Waals surface area contributed by atoms with E-state index in [0.717, 1.165) is 39.8 Å². The molecule has 6 aromatic rings. The van der Waals surface area contributed by atoms with Gasteiger partial charge < -0.3 is 18.6 Å². The summed E-state index contributed by atoms with van der Waals surface area (Å²) in [7, 11) is 2.19. The lowest BCUT2D eigenvalue weighted by Gasteiger charge is -2.37. The molecule has 3 heterocycles. The van der Waals surface area contributed by atoms with Crippen molar-refractivity contribution in [3.63, 3.8) is 0 Å². The minimum atomic E-state index is 0.00715. The number of anilines is 1. The predicted octanol–water partition coefficient (Wildman–Crippen LogP) is 8.75. The van der Waals surface area contributed by atoms with Crippen LogP contribution in [0.4, 0.5) is 5.69 Å². The van der Waals surface area contributed by atoms with Gasteiger partial charge in [-0.1, -0.05) is 76.2 Å². The van der Waals surface area contributed by atoms with Gasteiger partial charge in [0.2, 0.25) is 0 Å². The molecule has 0 fully saturated rings. The Hall–Kier alpha value is -5.04. The van der Waals surface area contributed by atoms with E-state index in [9.17, 15) is 0 Å². The molecular formula is C39H40BN5O. The minimum Gasteiger partial charge on any atom is -0.457 e. The standard InChI is InChI=1S/C39H40BN5O/c1-25(2)32-15-10-16-33(26(3)4)37(32)40-43(7)36-18-17-31(22-34(36)39-41-19-20-45(39)40)46-30-14-9-13-29(21-30)35-23-44(24-42-35)38-27(5)11-8-12-28(38)6/h8-26H,1-7H3. The Labute approximate surface area is 272 Å². The first-order chi connectivity index (χ1) is 22.2. The normalized spacial score (nSPS) is 12.5. The van der Waals surface area contributed by atoms with Gasteiger partial charge in [0.15, 0.2) is 0 Å². The molecule has 46 heavy (non-hydrogen) atoms. The summed E-state index contributed by atoms with van der Waals surface area (Å²) < 4.78 is 10.9. The SMILES string of the molecule is Cc1cccc(C)c1-n1cnc(-c2cccc(Oc3ccc4c(c3)-c3nccn3B(c3c(C(C)C)cccc3C(C)C)N4C)c2)c1. The van der Waals surface area contributed by atoms with E-state index in [1.165, 1.54) is 33.4 Å². The van der Waals surface area contributed by atoms with Crippen LogP contribution in [0.25, 0.3) is 28.3 Å². The summed E-state index contributed by atoms with van der Waals surface area (Å²) in [6.45, 7) is 13.4. The summed E-state index contributed by atoms with van der Waals surface area (Å²) in [5.41, 5.74) is 11.8. The second-order valence-corrected chi connectivity index (χ2v) is 13.0. The van der Waals surface area contributed by atoms with Crippen LogP contribution in [0.1, 0.15) is 61.8 Å². The fourth-order valence-corrected chi connectivity index (χ4v) is 7.00. The summed E-state index contributed by atoms with van der Waals surface area (Å²) in [6.07, 6.45) is 7.99. The molecule has 7 heteroatoms. The number of aryl methyl sites for hydroxylation is 2. The highest BCUT2D eigenvalue weighted by Gasteiger charge is 2.38. The molecule has 2 aromatic heterocycles. The first-order valence-electron chi connectivity index (χ1n) is 16.1. The van der Waals surface area contributed by atoms with E-state index in [-0.39, 0.29) is 6.98 Å². The third kappa shape index (κ3) is 5.10. The van der Waals surface area contributed by atoms with Gasteiger partial charge in [0.1, 0.15) is 17.3 Å². The molecule has 0 bridgehead atoms. The number of hydrogen-bond acceptors (Lipinski definition) is 4. The van der Waals surface area contributed by atoms with Gasteiger partial charge in [-0.05, 0) is 90.8 Å². The van der Waals surface area contributed by atoms with Crippen molar-refractivity contribution in [2.45, 2.75) is 53.4 Å². The van der Waals surface area contributed by atoms with Gasteiger partial charge in [-0.25, -0.2) is 9.97 Å². The zero-order valence-corrected chi connectivity index (χ0v) is 27.7. The van der Waals surface area contributed by atoms with Crippen LogP contribution in [0.15, 0.2) is 104 Å². The van der Waals surface area contributed by atoms with Crippen molar-refractivity contribution in [2.24, 2.45) is 0 Å². The van der Waals surface area contributed by atoms with Crippen molar-refractivity contribution in [1.29, 1.82) is 0 Å². The van der Waals surface area contributed by atoms with Crippen molar-refractivity contribution in [2.75, 3.05) is 11.9 Å². The van der Waals surface area contributed by atoms with E-state index in [0.29, 0.717) is 11.8 Å². The number of fused-ring (bicyclic) bond motifs is 3. The Morgan fingerprint density at radius 1 is 0.761 bits per heavy atom. The molecule has 7 rings (SSSR count). The van der Waals surface area contributed by atoms with Crippen molar-refractivity contribution in [3.8, 4) is 39.8 Å². The fraction of sp³-hybridized carbons (Fsp3) is 0.231. The lowest BCUT2D eigenvalue weighted by Crippen LogP contribution is -2.56. The number of benzene rings is 4. The first-order valence-corrected chi connectivity index (χ1v) is 16.1. The highest BCUT2D eigenvalue weighted by Crippen LogP contribution is 2.39. The monoisotopic (exact) mass is 605 g/mol. The van der Waals surface area contributed by atoms with Gasteiger partial charge in [0.25, 0.3) is 0 Å². The van der Waals surface area contributed by atoms with Crippen LogP contribution in [0.2, 0.25) is 0 Å². The van der Waals surface area contributed by atoms with E-state index in [1.807, 2.05) is 24.7 Å². The van der Waals surface area contributed by atoms with E-state index in [2.05, 4.69) is 142 Å². The Morgan fingerprint density at radius 3 is 2.15 bits per heavy atom. The molecule has 0 saturated carbocycles. The smallest absolute Gasteiger partial charge is 0.417 e. The number of imidazole rings is 2. The van der Waals surface area contributed by atoms with Crippen LogP contribution in [0, 0.1) is 13.8 Å². The molecule has 230 valence electrons. The molecule has 0 aliphatic carbocycles. The number of ether oxygens (including phenoxy) is 1. The summed E-state index contributed by atoms with van der Waals surface area (Å²) >= 11 is 0. The quantitative estimate of drug-likeness (QED) is 0.171. The molecule has 0 spiro atoms. The lowest BCUT2D eigenvalue weighted by molar-refractivity contribution is 0.483. The van der Waals surface area contributed by atoms with Gasteiger partial charge in [0, 0.05) is 35.4 Å². The van der Waals surface area contributed by atoms with Gasteiger partial charge in [-0.2, -0.15) is 0 Å². The first kappa shape index (κ1) is 29.7. The molecule has 0 unspecified atom stereocenters. The number of hydrogen-bond donors (Lipinski definition) is 0. The average molecular weight is 606 g/mol. The van der Waals surface area contributed by atoms with Crippen LogP contribution < -0.4 is 15.0 Å². The van der Waals surface area contributed by atoms with Crippen LogP contribution >= 0.6 is 0 Å². The number of rotatable bonds is 7. The highest BCUT2D eigenvalue weighted by molar-refractivity contribution is 6.77. The largest absolute Gasteiger partial charge is 0.457 e. The van der Waals surface area contributed by atoms with Crippen LogP contribution in [0.5, 0.6) is 11.5 Å².